The molecule has 4 fully saturated rings. The molecule has 0 spiro atoms. The van der Waals surface area contributed by atoms with Gasteiger partial charge in [-0.3, -0.25) is 10.2 Å². The van der Waals surface area contributed by atoms with Crippen LogP contribution in [0.15, 0.2) is 24.3 Å². The van der Waals surface area contributed by atoms with Crippen molar-refractivity contribution in [3.63, 3.8) is 0 Å². The molecule has 4 saturated carbocycles. The van der Waals surface area contributed by atoms with Crippen LogP contribution in [-0.4, -0.2) is 11.4 Å². The van der Waals surface area contributed by atoms with Gasteiger partial charge >= 0.3 is 6.18 Å². The molecule has 3 nitrogen and oxygen atoms in total. The van der Waals surface area contributed by atoms with Crippen LogP contribution in [-0.2, 0) is 6.18 Å². The maximum atomic E-state index is 12.8. The summed E-state index contributed by atoms with van der Waals surface area (Å²) in [5, 5.41) is 0. The maximum absolute atomic E-state index is 12.8. The van der Waals surface area contributed by atoms with Crippen molar-refractivity contribution in [3.05, 3.63) is 35.4 Å². The summed E-state index contributed by atoms with van der Waals surface area (Å²) in [5.41, 5.74) is 5.05. The summed E-state index contributed by atoms with van der Waals surface area (Å²) in [4.78, 5) is 12.3. The van der Waals surface area contributed by atoms with Crippen LogP contribution in [0.25, 0.3) is 0 Å². The number of rotatable bonds is 3. The fraction of sp³-hybridized carbons (Fsp3) is 0.611. The number of nitrogens with one attached hydrogen (secondary N) is 2. The Morgan fingerprint density at radius 3 is 2.17 bits per heavy atom. The average Bonchev–Trinajstić information content (AvgIpc) is 2.51. The van der Waals surface area contributed by atoms with Gasteiger partial charge in [-0.25, -0.2) is 5.43 Å². The standard InChI is InChI=1S/C18H21F3N2O/c19-18(20,21)15-3-1-2-14(7-15)16(24)22-23-17-8-11-4-12(9-17)6-13(5-11)10-17/h1-3,7,11-13,23H,4-6,8-10H2,(H,22,24). The minimum Gasteiger partial charge on any atom is -0.287 e. The Hall–Kier alpha value is -1.56. The Balaban J connectivity index is 1.44. The number of alkyl halides is 3. The van der Waals surface area contributed by atoms with Gasteiger partial charge in [0.15, 0.2) is 0 Å². The number of carbonyl (C=O) groups is 1. The van der Waals surface area contributed by atoms with Crippen LogP contribution >= 0.6 is 0 Å². The monoisotopic (exact) mass is 338 g/mol. The third kappa shape index (κ3) is 2.92. The Morgan fingerprint density at radius 1 is 1.04 bits per heavy atom. The lowest BCUT2D eigenvalue weighted by atomic mass is 9.53. The van der Waals surface area contributed by atoms with Crippen molar-refractivity contribution in [1.82, 2.24) is 10.9 Å². The predicted molar refractivity (Wildman–Crippen MR) is 82.9 cm³/mol. The topological polar surface area (TPSA) is 41.1 Å². The summed E-state index contributed by atoms with van der Waals surface area (Å²) in [6.07, 6.45) is 2.61. The molecule has 0 aliphatic heterocycles. The molecular formula is C18H21F3N2O. The van der Waals surface area contributed by atoms with Gasteiger partial charge in [-0.05, 0) is 74.5 Å². The highest BCUT2D eigenvalue weighted by atomic mass is 19.4. The molecule has 4 bridgehead atoms. The Labute approximate surface area is 139 Å². The number of hydrogen-bond donors (Lipinski definition) is 2. The highest BCUT2D eigenvalue weighted by Gasteiger charge is 2.51. The first-order valence-electron chi connectivity index (χ1n) is 8.58. The zero-order valence-electron chi connectivity index (χ0n) is 13.3. The lowest BCUT2D eigenvalue weighted by Gasteiger charge is -2.56. The molecule has 130 valence electrons. The van der Waals surface area contributed by atoms with Gasteiger partial charge < -0.3 is 0 Å². The molecule has 4 aliphatic rings. The third-order valence-electron chi connectivity index (χ3n) is 5.93. The summed E-state index contributed by atoms with van der Waals surface area (Å²) >= 11 is 0. The molecule has 4 aliphatic carbocycles. The minimum atomic E-state index is -4.44. The van der Waals surface area contributed by atoms with E-state index in [2.05, 4.69) is 10.9 Å². The molecule has 0 radical (unpaired) electrons. The zero-order valence-corrected chi connectivity index (χ0v) is 13.3. The van der Waals surface area contributed by atoms with Gasteiger partial charge in [0.05, 0.1) is 5.56 Å². The van der Waals surface area contributed by atoms with Gasteiger partial charge in [0, 0.05) is 11.1 Å². The Kier molecular flexibility index (Phi) is 3.64. The summed E-state index contributed by atoms with van der Waals surface area (Å²) in [6.45, 7) is 0. The second-order valence-electron chi connectivity index (χ2n) is 7.86. The molecule has 5 rings (SSSR count). The number of halogens is 3. The van der Waals surface area contributed by atoms with Gasteiger partial charge in [-0.1, -0.05) is 6.07 Å². The van der Waals surface area contributed by atoms with Crippen LogP contribution in [0.2, 0.25) is 0 Å². The van der Waals surface area contributed by atoms with Gasteiger partial charge in [0.1, 0.15) is 0 Å². The van der Waals surface area contributed by atoms with Crippen molar-refractivity contribution in [2.45, 2.75) is 50.2 Å². The van der Waals surface area contributed by atoms with Crippen LogP contribution < -0.4 is 10.9 Å². The molecule has 0 atom stereocenters. The van der Waals surface area contributed by atoms with Crippen LogP contribution in [0.4, 0.5) is 13.2 Å². The van der Waals surface area contributed by atoms with Gasteiger partial charge in [0.2, 0.25) is 0 Å². The molecule has 1 amide bonds. The first-order valence-corrected chi connectivity index (χ1v) is 8.58. The minimum absolute atomic E-state index is 0.0297. The average molecular weight is 338 g/mol. The van der Waals surface area contributed by atoms with Crippen LogP contribution in [0.1, 0.15) is 54.4 Å². The van der Waals surface area contributed by atoms with Gasteiger partial charge in [-0.2, -0.15) is 13.2 Å². The molecule has 0 saturated heterocycles. The van der Waals surface area contributed by atoms with Crippen molar-refractivity contribution in [2.24, 2.45) is 17.8 Å². The Bertz CT molecular complexity index is 621. The van der Waals surface area contributed by atoms with E-state index in [1.54, 1.807) is 0 Å². The van der Waals surface area contributed by atoms with E-state index in [4.69, 9.17) is 0 Å². The molecule has 2 N–H and O–H groups in total. The second kappa shape index (κ2) is 5.48. The molecule has 24 heavy (non-hydrogen) atoms. The van der Waals surface area contributed by atoms with Crippen molar-refractivity contribution >= 4 is 5.91 Å². The second-order valence-corrected chi connectivity index (χ2v) is 7.86. The summed E-state index contributed by atoms with van der Waals surface area (Å²) in [6, 6.07) is 4.55. The first-order chi connectivity index (χ1) is 11.3. The molecule has 0 aromatic heterocycles. The number of hydrogen-bond acceptors (Lipinski definition) is 2. The van der Waals surface area contributed by atoms with E-state index in [1.807, 2.05) is 0 Å². The largest absolute Gasteiger partial charge is 0.416 e. The number of hydrazine groups is 1. The highest BCUT2D eigenvalue weighted by molar-refractivity contribution is 5.94. The fourth-order valence-corrected chi connectivity index (χ4v) is 5.36. The molecular weight excluding hydrogens is 317 g/mol. The summed E-state index contributed by atoms with van der Waals surface area (Å²) < 4.78 is 38.3. The van der Waals surface area contributed by atoms with Gasteiger partial charge in [-0.15, -0.1) is 0 Å². The number of carbonyl (C=O) groups excluding carboxylic acids is 1. The van der Waals surface area contributed by atoms with E-state index in [-0.39, 0.29) is 11.1 Å². The summed E-state index contributed by atoms with van der Waals surface area (Å²) in [7, 11) is 0. The van der Waals surface area contributed by atoms with Crippen molar-refractivity contribution in [2.75, 3.05) is 0 Å². The summed E-state index contributed by atoms with van der Waals surface area (Å²) in [5.74, 6) is 1.69. The number of benzene rings is 1. The van der Waals surface area contributed by atoms with E-state index in [0.29, 0.717) is 0 Å². The normalized spacial score (nSPS) is 34.4. The number of amides is 1. The SMILES string of the molecule is O=C(NNC12CC3CC(CC(C3)C1)C2)c1cccc(C(F)(F)F)c1. The van der Waals surface area contributed by atoms with E-state index < -0.39 is 17.6 Å². The van der Waals surface area contributed by atoms with E-state index in [0.717, 1.165) is 49.1 Å². The molecule has 1 aromatic rings. The smallest absolute Gasteiger partial charge is 0.287 e. The quantitative estimate of drug-likeness (QED) is 0.821. The molecule has 1 aromatic carbocycles. The fourth-order valence-electron chi connectivity index (χ4n) is 5.36. The molecule has 6 heteroatoms. The van der Waals surface area contributed by atoms with Crippen LogP contribution in [0.5, 0.6) is 0 Å². The van der Waals surface area contributed by atoms with E-state index in [1.165, 1.54) is 31.4 Å². The third-order valence-corrected chi connectivity index (χ3v) is 5.93. The zero-order chi connectivity index (χ0) is 16.9. The lowest BCUT2D eigenvalue weighted by molar-refractivity contribution is -0.137. The highest BCUT2D eigenvalue weighted by Crippen LogP contribution is 2.55. The Morgan fingerprint density at radius 2 is 1.62 bits per heavy atom. The maximum Gasteiger partial charge on any atom is 0.416 e. The van der Waals surface area contributed by atoms with Gasteiger partial charge in [0.25, 0.3) is 5.91 Å². The molecule has 0 unspecified atom stereocenters. The lowest BCUT2D eigenvalue weighted by Crippen LogP contribution is -2.62. The van der Waals surface area contributed by atoms with Crippen LogP contribution in [0.3, 0.4) is 0 Å². The van der Waals surface area contributed by atoms with Crippen LogP contribution in [0, 0.1) is 17.8 Å². The first kappa shape index (κ1) is 15.9. The van der Waals surface area contributed by atoms with E-state index >= 15 is 0 Å². The van der Waals surface area contributed by atoms with Crippen molar-refractivity contribution in [1.29, 1.82) is 0 Å². The molecule has 0 heterocycles. The van der Waals surface area contributed by atoms with E-state index in [9.17, 15) is 18.0 Å². The van der Waals surface area contributed by atoms with Crippen molar-refractivity contribution < 1.29 is 18.0 Å². The predicted octanol–water partition coefficient (Wildman–Crippen LogP) is 3.91. The van der Waals surface area contributed by atoms with Crippen molar-refractivity contribution in [3.8, 4) is 0 Å².